The highest BCUT2D eigenvalue weighted by atomic mass is 32.2. The predicted octanol–water partition coefficient (Wildman–Crippen LogP) is 2.50. The summed E-state index contributed by atoms with van der Waals surface area (Å²) in [5.74, 6) is -6.69. The summed E-state index contributed by atoms with van der Waals surface area (Å²) in [7, 11) is -4.28. The Balaban J connectivity index is 2.08. The molecule has 7 heteroatoms. The minimum absolute atomic E-state index is 0.141. The van der Waals surface area contributed by atoms with Gasteiger partial charge in [0.05, 0.1) is 16.9 Å². The standard InChI is InChI=1S/C15H15F2NO3S/c1-10-6-8-11(9-7-10)22(20,21)18-13-5-3-2-4-12(13)15(16,17)14(18)19/h2,4,6-9,12-13H,3,5H2,1H3/t12-,13+/m1/s1. The molecule has 118 valence electrons. The Labute approximate surface area is 127 Å². The number of rotatable bonds is 2. The number of sulfonamides is 1. The average molecular weight is 327 g/mol. The van der Waals surface area contributed by atoms with E-state index in [4.69, 9.17) is 0 Å². The molecule has 0 aromatic heterocycles. The number of benzene rings is 1. The molecule has 1 amide bonds. The van der Waals surface area contributed by atoms with Gasteiger partial charge in [0.25, 0.3) is 10.0 Å². The van der Waals surface area contributed by atoms with Crippen LogP contribution in [0.4, 0.5) is 8.78 Å². The van der Waals surface area contributed by atoms with Gasteiger partial charge in [0.2, 0.25) is 0 Å². The number of carbonyl (C=O) groups is 1. The third-order valence-corrected chi connectivity index (χ3v) is 5.99. The van der Waals surface area contributed by atoms with Gasteiger partial charge in [0.15, 0.2) is 0 Å². The van der Waals surface area contributed by atoms with Gasteiger partial charge >= 0.3 is 11.8 Å². The smallest absolute Gasteiger partial charge is 0.267 e. The lowest BCUT2D eigenvalue weighted by molar-refractivity contribution is -0.146. The third-order valence-electron chi connectivity index (χ3n) is 4.17. The highest BCUT2D eigenvalue weighted by Gasteiger charge is 2.64. The van der Waals surface area contributed by atoms with Crippen LogP contribution in [-0.2, 0) is 14.8 Å². The molecule has 1 heterocycles. The van der Waals surface area contributed by atoms with Crippen LogP contribution < -0.4 is 0 Å². The van der Waals surface area contributed by atoms with E-state index in [-0.39, 0.29) is 11.3 Å². The number of hydrogen-bond donors (Lipinski definition) is 0. The van der Waals surface area contributed by atoms with Gasteiger partial charge in [-0.3, -0.25) is 4.79 Å². The molecule has 1 saturated heterocycles. The van der Waals surface area contributed by atoms with Crippen LogP contribution in [0.15, 0.2) is 41.3 Å². The highest BCUT2D eigenvalue weighted by Crippen LogP contribution is 2.45. The number of nitrogens with zero attached hydrogens (tertiary/aromatic N) is 1. The maximum Gasteiger partial charge on any atom is 0.333 e. The van der Waals surface area contributed by atoms with Crippen molar-refractivity contribution in [1.82, 2.24) is 4.31 Å². The average Bonchev–Trinajstić information content (AvgIpc) is 2.68. The molecule has 0 unspecified atom stereocenters. The lowest BCUT2D eigenvalue weighted by atomic mass is 9.89. The number of halogens is 2. The van der Waals surface area contributed by atoms with E-state index in [1.807, 2.05) is 0 Å². The van der Waals surface area contributed by atoms with Crippen LogP contribution in [0.25, 0.3) is 0 Å². The van der Waals surface area contributed by atoms with E-state index in [9.17, 15) is 22.0 Å². The second kappa shape index (κ2) is 4.87. The summed E-state index contributed by atoms with van der Waals surface area (Å²) in [5.41, 5.74) is 0.843. The zero-order valence-electron chi connectivity index (χ0n) is 11.9. The number of fused-ring (bicyclic) bond motifs is 1. The largest absolute Gasteiger partial charge is 0.333 e. The molecule has 0 spiro atoms. The van der Waals surface area contributed by atoms with Gasteiger partial charge in [-0.15, -0.1) is 0 Å². The van der Waals surface area contributed by atoms with Gasteiger partial charge in [0, 0.05) is 0 Å². The summed E-state index contributed by atoms with van der Waals surface area (Å²) in [6, 6.07) is 4.80. The molecule has 2 aliphatic rings. The van der Waals surface area contributed by atoms with E-state index in [1.165, 1.54) is 18.2 Å². The van der Waals surface area contributed by atoms with E-state index in [0.717, 1.165) is 5.56 Å². The van der Waals surface area contributed by atoms with Gasteiger partial charge in [-0.25, -0.2) is 12.7 Å². The van der Waals surface area contributed by atoms with E-state index in [0.29, 0.717) is 10.7 Å². The molecular weight excluding hydrogens is 312 g/mol. The molecule has 1 aliphatic heterocycles. The number of carbonyl (C=O) groups excluding carboxylic acids is 1. The first-order valence-electron chi connectivity index (χ1n) is 6.96. The fourth-order valence-electron chi connectivity index (χ4n) is 2.99. The molecule has 4 nitrogen and oxygen atoms in total. The SMILES string of the molecule is Cc1ccc(S(=O)(=O)N2C(=O)C(F)(F)[C@@H]3C=CCC[C@@H]32)cc1. The number of hydrogen-bond acceptors (Lipinski definition) is 3. The summed E-state index contributed by atoms with van der Waals surface area (Å²) in [6.45, 7) is 1.79. The molecule has 0 saturated carbocycles. The number of aryl methyl sites for hydroxylation is 1. The van der Waals surface area contributed by atoms with Crippen LogP contribution in [0.2, 0.25) is 0 Å². The molecule has 0 N–H and O–H groups in total. The summed E-state index contributed by atoms with van der Waals surface area (Å²) in [6.07, 6.45) is 3.53. The van der Waals surface area contributed by atoms with Crippen LogP contribution in [0.5, 0.6) is 0 Å². The van der Waals surface area contributed by atoms with Crippen LogP contribution >= 0.6 is 0 Å². The quantitative estimate of drug-likeness (QED) is 0.784. The molecule has 1 aromatic carbocycles. The molecule has 3 rings (SSSR count). The van der Waals surface area contributed by atoms with Gasteiger partial charge in [-0.2, -0.15) is 8.78 Å². The maximum absolute atomic E-state index is 14.1. The second-order valence-corrected chi connectivity index (χ2v) is 7.46. The zero-order chi connectivity index (χ0) is 16.1. The topological polar surface area (TPSA) is 54.5 Å². The van der Waals surface area contributed by atoms with Crippen molar-refractivity contribution in [3.05, 3.63) is 42.0 Å². The Morgan fingerprint density at radius 1 is 1.23 bits per heavy atom. The fourth-order valence-corrected chi connectivity index (χ4v) is 4.63. The minimum Gasteiger partial charge on any atom is -0.267 e. The summed E-state index contributed by atoms with van der Waals surface area (Å²) >= 11 is 0. The van der Waals surface area contributed by atoms with Crippen molar-refractivity contribution in [1.29, 1.82) is 0 Å². The Bertz CT molecular complexity index is 741. The molecule has 1 fully saturated rings. The van der Waals surface area contributed by atoms with Crippen molar-refractivity contribution >= 4 is 15.9 Å². The van der Waals surface area contributed by atoms with Gasteiger partial charge < -0.3 is 0 Å². The Kier molecular flexibility index (Phi) is 3.36. The Morgan fingerprint density at radius 2 is 1.86 bits per heavy atom. The van der Waals surface area contributed by atoms with Crippen molar-refractivity contribution in [2.75, 3.05) is 0 Å². The van der Waals surface area contributed by atoms with Crippen LogP contribution in [0.1, 0.15) is 18.4 Å². The lowest BCUT2D eigenvalue weighted by Crippen LogP contribution is -2.41. The van der Waals surface area contributed by atoms with Crippen molar-refractivity contribution < 1.29 is 22.0 Å². The molecular formula is C15H15F2NO3S. The fraction of sp³-hybridized carbons (Fsp3) is 0.400. The van der Waals surface area contributed by atoms with Gasteiger partial charge in [-0.05, 0) is 31.9 Å². The zero-order valence-corrected chi connectivity index (χ0v) is 12.7. The molecule has 1 aliphatic carbocycles. The van der Waals surface area contributed by atoms with Gasteiger partial charge in [-0.1, -0.05) is 29.8 Å². The molecule has 0 radical (unpaired) electrons. The molecule has 1 aromatic rings. The van der Waals surface area contributed by atoms with E-state index in [2.05, 4.69) is 0 Å². The lowest BCUT2D eigenvalue weighted by Gasteiger charge is -2.27. The summed E-state index contributed by atoms with van der Waals surface area (Å²) in [5, 5.41) is 0. The predicted molar refractivity (Wildman–Crippen MR) is 75.8 cm³/mol. The Hall–Kier alpha value is -1.76. The van der Waals surface area contributed by atoms with E-state index < -0.39 is 33.8 Å². The molecule has 0 bridgehead atoms. The van der Waals surface area contributed by atoms with Crippen molar-refractivity contribution in [2.45, 2.75) is 36.6 Å². The monoisotopic (exact) mass is 327 g/mol. The maximum atomic E-state index is 14.1. The first kappa shape index (κ1) is 15.1. The minimum atomic E-state index is -4.28. The number of amides is 1. The Morgan fingerprint density at radius 3 is 2.50 bits per heavy atom. The van der Waals surface area contributed by atoms with Gasteiger partial charge in [0.1, 0.15) is 0 Å². The third kappa shape index (κ3) is 2.06. The van der Waals surface area contributed by atoms with E-state index in [1.54, 1.807) is 25.1 Å². The van der Waals surface area contributed by atoms with Crippen molar-refractivity contribution in [3.63, 3.8) is 0 Å². The van der Waals surface area contributed by atoms with Crippen molar-refractivity contribution in [3.8, 4) is 0 Å². The first-order valence-corrected chi connectivity index (χ1v) is 8.40. The van der Waals surface area contributed by atoms with Crippen LogP contribution in [0.3, 0.4) is 0 Å². The summed E-state index contributed by atoms with van der Waals surface area (Å²) in [4.78, 5) is 11.9. The van der Waals surface area contributed by atoms with Crippen LogP contribution in [0, 0.1) is 12.8 Å². The van der Waals surface area contributed by atoms with Crippen molar-refractivity contribution in [2.24, 2.45) is 5.92 Å². The number of alkyl halides is 2. The van der Waals surface area contributed by atoms with E-state index >= 15 is 0 Å². The first-order chi connectivity index (χ1) is 10.3. The molecule has 2 atom stereocenters. The van der Waals surface area contributed by atoms with Crippen LogP contribution in [-0.4, -0.2) is 30.6 Å². The number of allylic oxidation sites excluding steroid dienone is 1. The molecule has 22 heavy (non-hydrogen) atoms. The second-order valence-electron chi connectivity index (χ2n) is 5.64. The normalized spacial score (nSPS) is 27.0. The highest BCUT2D eigenvalue weighted by molar-refractivity contribution is 7.89. The summed E-state index contributed by atoms with van der Waals surface area (Å²) < 4.78 is 53.9.